The van der Waals surface area contributed by atoms with Crippen molar-refractivity contribution in [3.8, 4) is 11.5 Å². The van der Waals surface area contributed by atoms with E-state index in [1.165, 1.54) is 0 Å². The predicted octanol–water partition coefficient (Wildman–Crippen LogP) is 4.34. The van der Waals surface area contributed by atoms with Gasteiger partial charge < -0.3 is 18.9 Å². The maximum absolute atomic E-state index is 11.0. The van der Waals surface area contributed by atoms with Gasteiger partial charge in [-0.2, -0.15) is 0 Å². The molecule has 0 aromatic heterocycles. The van der Waals surface area contributed by atoms with Gasteiger partial charge in [-0.25, -0.2) is 0 Å². The first-order valence-electron chi connectivity index (χ1n) is 9.50. The number of aldehydes is 1. The molecule has 1 fully saturated rings. The van der Waals surface area contributed by atoms with Gasteiger partial charge in [-0.05, 0) is 43.0 Å². The summed E-state index contributed by atoms with van der Waals surface area (Å²) in [5, 5.41) is 0. The Morgan fingerprint density at radius 2 is 2.04 bits per heavy atom. The highest BCUT2D eigenvalue weighted by Gasteiger charge is 2.49. The van der Waals surface area contributed by atoms with Crippen molar-refractivity contribution in [2.24, 2.45) is 0 Å². The topological polar surface area (TPSA) is 57.3 Å². The van der Waals surface area contributed by atoms with Crippen molar-refractivity contribution >= 4 is 14.4 Å². The van der Waals surface area contributed by atoms with Crippen LogP contribution in [0.3, 0.4) is 0 Å². The van der Waals surface area contributed by atoms with Gasteiger partial charge in [0.1, 0.15) is 23.9 Å². The zero-order valence-electron chi connectivity index (χ0n) is 17.2. The SMILES string of the molecule is COc1c(C)c2c(c(OCC[Si](C)(C)C)c1C/C=C(\C)C=O)C1OC1OC2. The lowest BCUT2D eigenvalue weighted by Gasteiger charge is -2.26. The fourth-order valence-corrected chi connectivity index (χ4v) is 4.16. The van der Waals surface area contributed by atoms with Gasteiger partial charge in [-0.15, -0.1) is 0 Å². The molecule has 3 rings (SSSR count). The summed E-state index contributed by atoms with van der Waals surface area (Å²) in [5.41, 5.74) is 4.96. The number of carbonyl (C=O) groups excluding carboxylic acids is 1. The maximum atomic E-state index is 11.0. The van der Waals surface area contributed by atoms with E-state index < -0.39 is 8.07 Å². The minimum Gasteiger partial charge on any atom is -0.496 e. The van der Waals surface area contributed by atoms with Crippen LogP contribution in [-0.2, 0) is 27.3 Å². The molecule has 5 nitrogen and oxygen atoms in total. The fourth-order valence-electron chi connectivity index (χ4n) is 3.45. The smallest absolute Gasteiger partial charge is 0.189 e. The molecule has 6 heteroatoms. The van der Waals surface area contributed by atoms with Gasteiger partial charge >= 0.3 is 0 Å². The van der Waals surface area contributed by atoms with Crippen molar-refractivity contribution in [1.82, 2.24) is 0 Å². The summed E-state index contributed by atoms with van der Waals surface area (Å²) < 4.78 is 23.6. The molecule has 2 aliphatic heterocycles. The molecule has 27 heavy (non-hydrogen) atoms. The van der Waals surface area contributed by atoms with Crippen molar-refractivity contribution < 1.29 is 23.7 Å². The highest BCUT2D eigenvalue weighted by Crippen LogP contribution is 2.53. The standard InChI is InChI=1S/C21H30O5Si/c1-13(11-22)7-8-15-18(23-3)14(2)16-12-25-21-20(26-21)17(16)19(15)24-9-10-27(4,5)6/h7,11,20-21H,8-10,12H2,1-6H3/b13-7+. The molecule has 1 aromatic rings. The molecule has 1 aromatic carbocycles. The van der Waals surface area contributed by atoms with Gasteiger partial charge in [0.15, 0.2) is 6.29 Å². The normalized spacial score (nSPS) is 21.3. The van der Waals surface area contributed by atoms with Gasteiger partial charge in [0, 0.05) is 19.2 Å². The third-order valence-electron chi connectivity index (χ3n) is 5.16. The third-order valence-corrected chi connectivity index (χ3v) is 6.86. The average Bonchev–Trinajstić information content (AvgIpc) is 3.40. The van der Waals surface area contributed by atoms with E-state index >= 15 is 0 Å². The quantitative estimate of drug-likeness (QED) is 0.286. The number of allylic oxidation sites excluding steroid dienone is 2. The van der Waals surface area contributed by atoms with Crippen LogP contribution in [0.15, 0.2) is 11.6 Å². The second kappa shape index (κ2) is 7.77. The molecule has 0 radical (unpaired) electrons. The number of carbonyl (C=O) groups is 1. The van der Waals surface area contributed by atoms with Crippen molar-refractivity contribution in [1.29, 1.82) is 0 Å². The first-order valence-corrected chi connectivity index (χ1v) is 13.2. The van der Waals surface area contributed by atoms with Gasteiger partial charge in [0.05, 0.1) is 20.3 Å². The van der Waals surface area contributed by atoms with Crippen LogP contribution in [0.2, 0.25) is 25.7 Å². The zero-order chi connectivity index (χ0) is 19.8. The van der Waals surface area contributed by atoms with E-state index in [1.807, 2.05) is 13.0 Å². The van der Waals surface area contributed by atoms with Gasteiger partial charge in [-0.1, -0.05) is 25.7 Å². The summed E-state index contributed by atoms with van der Waals surface area (Å²) in [7, 11) is 0.465. The van der Waals surface area contributed by atoms with Crippen LogP contribution in [0, 0.1) is 6.92 Å². The van der Waals surface area contributed by atoms with Gasteiger partial charge in [-0.3, -0.25) is 4.79 Å². The predicted molar refractivity (Wildman–Crippen MR) is 107 cm³/mol. The number of epoxide rings is 1. The van der Waals surface area contributed by atoms with Crippen molar-refractivity contribution in [2.45, 2.75) is 65.0 Å². The van der Waals surface area contributed by atoms with E-state index in [4.69, 9.17) is 18.9 Å². The molecule has 0 aliphatic carbocycles. The van der Waals surface area contributed by atoms with Crippen LogP contribution < -0.4 is 9.47 Å². The van der Waals surface area contributed by atoms with Crippen LogP contribution in [0.5, 0.6) is 11.5 Å². The Bertz CT molecular complexity index is 763. The van der Waals surface area contributed by atoms with Crippen molar-refractivity contribution in [2.75, 3.05) is 13.7 Å². The highest BCUT2D eigenvalue weighted by molar-refractivity contribution is 6.76. The van der Waals surface area contributed by atoms with E-state index in [2.05, 4.69) is 26.6 Å². The van der Waals surface area contributed by atoms with E-state index in [-0.39, 0.29) is 12.4 Å². The molecular weight excluding hydrogens is 360 g/mol. The molecule has 2 aliphatic rings. The molecule has 148 valence electrons. The van der Waals surface area contributed by atoms with Crippen LogP contribution >= 0.6 is 0 Å². The molecule has 2 atom stereocenters. The summed E-state index contributed by atoms with van der Waals surface area (Å²) in [6.07, 6.45) is 3.16. The van der Waals surface area contributed by atoms with E-state index in [9.17, 15) is 4.79 Å². The van der Waals surface area contributed by atoms with Crippen LogP contribution in [-0.4, -0.2) is 34.4 Å². The first-order chi connectivity index (χ1) is 12.8. The first kappa shape index (κ1) is 20.1. The number of fused-ring (bicyclic) bond motifs is 3. The van der Waals surface area contributed by atoms with Crippen molar-refractivity contribution in [3.63, 3.8) is 0 Å². The Hall–Kier alpha value is -1.63. The lowest BCUT2D eigenvalue weighted by Crippen LogP contribution is -2.23. The largest absolute Gasteiger partial charge is 0.496 e. The number of hydrogen-bond acceptors (Lipinski definition) is 5. The number of hydrogen-bond donors (Lipinski definition) is 0. The second-order valence-electron chi connectivity index (χ2n) is 8.52. The molecule has 1 saturated heterocycles. The molecule has 2 unspecified atom stereocenters. The molecule has 0 N–H and O–H groups in total. The van der Waals surface area contributed by atoms with Gasteiger partial charge in [0.25, 0.3) is 0 Å². The second-order valence-corrected chi connectivity index (χ2v) is 14.1. The van der Waals surface area contributed by atoms with Gasteiger partial charge in [0.2, 0.25) is 0 Å². The maximum Gasteiger partial charge on any atom is 0.189 e. The summed E-state index contributed by atoms with van der Waals surface area (Å²) in [6.45, 7) is 12.1. The van der Waals surface area contributed by atoms with Crippen LogP contribution in [0.1, 0.15) is 35.3 Å². The lowest BCUT2D eigenvalue weighted by molar-refractivity contribution is -0.104. The van der Waals surface area contributed by atoms with E-state index in [0.717, 1.165) is 46.1 Å². The summed E-state index contributed by atoms with van der Waals surface area (Å²) in [6, 6.07) is 1.08. The highest BCUT2D eigenvalue weighted by atomic mass is 28.3. The number of benzene rings is 1. The van der Waals surface area contributed by atoms with Crippen LogP contribution in [0.4, 0.5) is 0 Å². The lowest BCUT2D eigenvalue weighted by atomic mass is 9.91. The summed E-state index contributed by atoms with van der Waals surface area (Å²) in [4.78, 5) is 11.0. The summed E-state index contributed by atoms with van der Waals surface area (Å²) in [5.74, 6) is 1.67. The van der Waals surface area contributed by atoms with E-state index in [0.29, 0.717) is 25.2 Å². The molecule has 0 spiro atoms. The minimum absolute atomic E-state index is 0.0601. The minimum atomic E-state index is -1.22. The Balaban J connectivity index is 2.06. The molecule has 0 bridgehead atoms. The Morgan fingerprint density at radius 1 is 1.30 bits per heavy atom. The molecule has 0 amide bonds. The van der Waals surface area contributed by atoms with Crippen molar-refractivity contribution in [3.05, 3.63) is 33.9 Å². The van der Waals surface area contributed by atoms with Crippen LogP contribution in [0.25, 0.3) is 0 Å². The monoisotopic (exact) mass is 390 g/mol. The molecular formula is C21H30O5Si. The summed E-state index contributed by atoms with van der Waals surface area (Å²) >= 11 is 0. The number of rotatable bonds is 8. The fraction of sp³-hybridized carbons (Fsp3) is 0.571. The molecule has 0 saturated carbocycles. The Kier molecular flexibility index (Phi) is 5.79. The zero-order valence-corrected chi connectivity index (χ0v) is 18.2. The number of ether oxygens (including phenoxy) is 4. The molecule has 2 heterocycles. The Morgan fingerprint density at radius 3 is 2.67 bits per heavy atom. The average molecular weight is 391 g/mol. The Labute approximate surface area is 162 Å². The number of methoxy groups -OCH3 is 1. The van der Waals surface area contributed by atoms with E-state index in [1.54, 1.807) is 7.11 Å². The third kappa shape index (κ3) is 4.28.